The van der Waals surface area contributed by atoms with Crippen molar-refractivity contribution >= 4 is 0 Å². The van der Waals surface area contributed by atoms with Gasteiger partial charge in [0.05, 0.1) is 18.7 Å². The van der Waals surface area contributed by atoms with Crippen LogP contribution in [-0.2, 0) is 6.42 Å². The molecule has 1 aromatic heterocycles. The highest BCUT2D eigenvalue weighted by atomic mass is 16.7. The molecule has 64 valence electrons. The minimum atomic E-state index is -0.576. The third-order valence-electron chi connectivity index (χ3n) is 1.28. The number of aromatic nitrogens is 2. The molecule has 12 heavy (non-hydrogen) atoms. The number of hydrogen-bond donors (Lipinski definition) is 1. The van der Waals surface area contributed by atoms with Crippen molar-refractivity contribution in [2.75, 3.05) is 0 Å². The molecule has 0 bridgehead atoms. The van der Waals surface area contributed by atoms with Gasteiger partial charge < -0.3 is 5.11 Å². The first-order valence-corrected chi connectivity index (χ1v) is 3.22. The van der Waals surface area contributed by atoms with Crippen molar-refractivity contribution < 1.29 is 10.1 Å². The Bertz CT molecular complexity index is 305. The number of nitro groups is 1. The lowest BCUT2D eigenvalue weighted by atomic mass is 10.4. The zero-order valence-corrected chi connectivity index (χ0v) is 6.12. The van der Waals surface area contributed by atoms with Gasteiger partial charge in [0.1, 0.15) is 0 Å². The maximum absolute atomic E-state index is 10.3. The molecule has 6 nitrogen and oxygen atoms in total. The van der Waals surface area contributed by atoms with Crippen LogP contribution < -0.4 is 0 Å². The van der Waals surface area contributed by atoms with Crippen molar-refractivity contribution in [1.29, 1.82) is 0 Å². The van der Waals surface area contributed by atoms with Crippen LogP contribution in [-0.4, -0.2) is 19.8 Å². The Labute approximate surface area is 67.9 Å². The first-order chi connectivity index (χ1) is 5.75. The summed E-state index contributed by atoms with van der Waals surface area (Å²) in [5.74, 6) is 0.283. The summed E-state index contributed by atoms with van der Waals surface area (Å²) < 4.78 is 0.806. The maximum atomic E-state index is 10.3. The van der Waals surface area contributed by atoms with Crippen LogP contribution in [0, 0.1) is 10.1 Å². The van der Waals surface area contributed by atoms with E-state index in [1.54, 1.807) is 0 Å². The predicted octanol–water partition coefficient (Wildman–Crippen LogP) is 0.537. The van der Waals surface area contributed by atoms with Crippen LogP contribution in [0.3, 0.4) is 0 Å². The molecule has 0 unspecified atom stereocenters. The molecule has 0 spiro atoms. The molecule has 0 radical (unpaired) electrons. The molecule has 1 rings (SSSR count). The quantitative estimate of drug-likeness (QED) is 0.406. The van der Waals surface area contributed by atoms with Crippen LogP contribution in [0.4, 0.5) is 0 Å². The highest BCUT2D eigenvalue weighted by Crippen LogP contribution is 1.98. The zero-order valence-electron chi connectivity index (χ0n) is 6.12. The number of rotatable bonds is 3. The molecule has 1 aromatic rings. The molecular weight excluding hydrogens is 162 g/mol. The standard InChI is InChI=1S/C6H7N3O3/c10-5-1-2-6-7-3-4-8(6)9(11)12/h1,3-5,10H,2H2. The topological polar surface area (TPSA) is 81.2 Å². The van der Waals surface area contributed by atoms with Gasteiger partial charge in [-0.1, -0.05) is 4.68 Å². The van der Waals surface area contributed by atoms with E-state index in [0.717, 1.165) is 10.9 Å². The molecule has 0 aliphatic rings. The number of hydrogen-bond acceptors (Lipinski definition) is 4. The number of allylic oxidation sites excluding steroid dienone is 1. The summed E-state index contributed by atoms with van der Waals surface area (Å²) >= 11 is 0. The van der Waals surface area contributed by atoms with E-state index in [1.807, 2.05) is 0 Å². The molecule has 0 aliphatic heterocycles. The van der Waals surface area contributed by atoms with Crippen LogP contribution in [0.15, 0.2) is 24.7 Å². The Balaban J connectivity index is 2.84. The molecule has 6 heteroatoms. The van der Waals surface area contributed by atoms with E-state index in [4.69, 9.17) is 5.11 Å². The summed E-state index contributed by atoms with van der Waals surface area (Å²) in [5.41, 5.74) is 0. The van der Waals surface area contributed by atoms with E-state index in [0.29, 0.717) is 0 Å². The number of nitrogens with zero attached hydrogens (tertiary/aromatic N) is 3. The summed E-state index contributed by atoms with van der Waals surface area (Å²) in [7, 11) is 0. The minimum Gasteiger partial charge on any atom is -0.516 e. The van der Waals surface area contributed by atoms with Gasteiger partial charge in [0.25, 0.3) is 0 Å². The van der Waals surface area contributed by atoms with Gasteiger partial charge in [0.15, 0.2) is 10.9 Å². The fourth-order valence-corrected chi connectivity index (χ4v) is 0.781. The van der Waals surface area contributed by atoms with Crippen LogP contribution in [0.1, 0.15) is 5.82 Å². The van der Waals surface area contributed by atoms with Gasteiger partial charge in [-0.2, -0.15) is 0 Å². The van der Waals surface area contributed by atoms with Crippen LogP contribution in [0.2, 0.25) is 0 Å². The van der Waals surface area contributed by atoms with Gasteiger partial charge in [-0.15, -0.1) is 0 Å². The normalized spacial score (nSPS) is 10.7. The molecule has 0 amide bonds. The van der Waals surface area contributed by atoms with Crippen LogP contribution in [0.25, 0.3) is 0 Å². The molecule has 0 aliphatic carbocycles. The summed E-state index contributed by atoms with van der Waals surface area (Å²) in [6.07, 6.45) is 5.04. The Kier molecular flexibility index (Phi) is 2.42. The monoisotopic (exact) mass is 169 g/mol. The van der Waals surface area contributed by atoms with Crippen LogP contribution in [0.5, 0.6) is 0 Å². The zero-order chi connectivity index (χ0) is 8.97. The smallest absolute Gasteiger partial charge is 0.179 e. The predicted molar refractivity (Wildman–Crippen MR) is 40.1 cm³/mol. The molecule has 0 saturated heterocycles. The van der Waals surface area contributed by atoms with Crippen LogP contribution >= 0.6 is 0 Å². The lowest BCUT2D eigenvalue weighted by molar-refractivity contribution is -0.543. The second-order valence-electron chi connectivity index (χ2n) is 2.01. The van der Waals surface area contributed by atoms with Gasteiger partial charge in [-0.3, -0.25) is 0 Å². The number of aliphatic hydroxyl groups is 1. The highest BCUT2D eigenvalue weighted by molar-refractivity contribution is 4.95. The summed E-state index contributed by atoms with van der Waals surface area (Å²) in [4.78, 5) is 14.0. The van der Waals surface area contributed by atoms with Crippen molar-refractivity contribution in [1.82, 2.24) is 9.66 Å². The highest BCUT2D eigenvalue weighted by Gasteiger charge is 2.08. The lowest BCUT2D eigenvalue weighted by Gasteiger charge is -1.92. The van der Waals surface area contributed by atoms with E-state index in [-0.39, 0.29) is 12.2 Å². The Hall–Kier alpha value is -1.85. The molecular formula is C6H7N3O3. The van der Waals surface area contributed by atoms with Crippen molar-refractivity contribution in [3.05, 3.63) is 40.7 Å². The summed E-state index contributed by atoms with van der Waals surface area (Å²) in [5, 5.41) is 18.0. The van der Waals surface area contributed by atoms with E-state index < -0.39 is 5.03 Å². The van der Waals surface area contributed by atoms with Crippen molar-refractivity contribution in [2.24, 2.45) is 0 Å². The largest absolute Gasteiger partial charge is 0.516 e. The second kappa shape index (κ2) is 3.51. The Morgan fingerprint density at radius 2 is 2.58 bits per heavy atom. The summed E-state index contributed by atoms with van der Waals surface area (Å²) in [6.45, 7) is 0. The third kappa shape index (κ3) is 1.60. The molecule has 0 aromatic carbocycles. The van der Waals surface area contributed by atoms with E-state index in [9.17, 15) is 10.1 Å². The average Bonchev–Trinajstić information content (AvgIpc) is 2.48. The molecule has 0 fully saturated rings. The average molecular weight is 169 g/mol. The SMILES string of the molecule is O=[N+]([O-])n1ccnc1CC=CO. The maximum Gasteiger partial charge on any atom is 0.179 e. The Morgan fingerprint density at radius 1 is 1.83 bits per heavy atom. The van der Waals surface area contributed by atoms with Gasteiger partial charge in [0.2, 0.25) is 0 Å². The second-order valence-corrected chi connectivity index (χ2v) is 2.01. The minimum absolute atomic E-state index is 0.241. The summed E-state index contributed by atoms with van der Waals surface area (Å²) in [6, 6.07) is 0. The molecule has 1 N–H and O–H groups in total. The van der Waals surface area contributed by atoms with Gasteiger partial charge in [-0.25, -0.2) is 15.1 Å². The Morgan fingerprint density at radius 3 is 3.17 bits per heavy atom. The van der Waals surface area contributed by atoms with Crippen molar-refractivity contribution in [3.8, 4) is 0 Å². The lowest BCUT2D eigenvalue weighted by Crippen LogP contribution is -2.10. The third-order valence-corrected chi connectivity index (χ3v) is 1.28. The molecule has 0 atom stereocenters. The van der Waals surface area contributed by atoms with E-state index in [1.165, 1.54) is 18.5 Å². The van der Waals surface area contributed by atoms with Gasteiger partial charge in [0, 0.05) is 6.42 Å². The fourth-order valence-electron chi connectivity index (χ4n) is 0.781. The first-order valence-electron chi connectivity index (χ1n) is 3.22. The first kappa shape index (κ1) is 8.25. The van der Waals surface area contributed by atoms with Crippen molar-refractivity contribution in [3.63, 3.8) is 0 Å². The van der Waals surface area contributed by atoms with E-state index in [2.05, 4.69) is 4.98 Å². The number of aliphatic hydroxyl groups excluding tert-OH is 1. The van der Waals surface area contributed by atoms with Gasteiger partial charge in [-0.05, 0) is 6.08 Å². The number of imidazole rings is 1. The fraction of sp³-hybridized carbons (Fsp3) is 0.167. The molecule has 0 saturated carbocycles. The van der Waals surface area contributed by atoms with Crippen molar-refractivity contribution in [2.45, 2.75) is 6.42 Å². The molecule has 1 heterocycles. The van der Waals surface area contributed by atoms with Gasteiger partial charge >= 0.3 is 0 Å². The van der Waals surface area contributed by atoms with E-state index >= 15 is 0 Å².